The van der Waals surface area contributed by atoms with E-state index in [-0.39, 0.29) is 5.91 Å². The van der Waals surface area contributed by atoms with Crippen molar-refractivity contribution in [2.75, 3.05) is 18.4 Å². The number of nitrogens with zero attached hydrogens (tertiary/aromatic N) is 1. The van der Waals surface area contributed by atoms with E-state index in [4.69, 9.17) is 11.6 Å². The maximum atomic E-state index is 12.0. The van der Waals surface area contributed by atoms with Crippen LogP contribution in [0, 0.1) is 5.92 Å². The average molecular weight is 284 g/mol. The van der Waals surface area contributed by atoms with Crippen molar-refractivity contribution < 1.29 is 4.79 Å². The van der Waals surface area contributed by atoms with Gasteiger partial charge in [-0.2, -0.15) is 0 Å². The predicted molar refractivity (Wildman–Crippen MR) is 79.8 cm³/mol. The first-order valence-corrected chi connectivity index (χ1v) is 7.10. The van der Waals surface area contributed by atoms with Gasteiger partial charge in [0.2, 0.25) is 0 Å². The minimum absolute atomic E-state index is 0.146. The molecule has 4 nitrogen and oxygen atoms in total. The lowest BCUT2D eigenvalue weighted by molar-refractivity contribution is 0.0952. The van der Waals surface area contributed by atoms with Gasteiger partial charge in [-0.1, -0.05) is 32.4 Å². The second-order valence-electron chi connectivity index (χ2n) is 4.91. The van der Waals surface area contributed by atoms with Crippen LogP contribution in [0.4, 0.5) is 5.82 Å². The van der Waals surface area contributed by atoms with Gasteiger partial charge in [-0.3, -0.25) is 4.79 Å². The summed E-state index contributed by atoms with van der Waals surface area (Å²) in [6, 6.07) is 1.70. The third kappa shape index (κ3) is 5.47. The van der Waals surface area contributed by atoms with Crippen LogP contribution in [0.2, 0.25) is 5.02 Å². The largest absolute Gasteiger partial charge is 0.370 e. The standard InChI is InChI=1S/C14H22ClN3O/c1-4-6-16-13-8-11(12(15)9-18-13)14(19)17-7-5-10(2)3/h8-10H,4-7H2,1-3H3,(H,16,18)(H,17,19). The number of carbonyl (C=O) groups excluding carboxylic acids is 1. The van der Waals surface area contributed by atoms with E-state index >= 15 is 0 Å². The molecule has 0 aliphatic rings. The fraction of sp³-hybridized carbons (Fsp3) is 0.571. The van der Waals surface area contributed by atoms with Gasteiger partial charge in [-0.15, -0.1) is 0 Å². The number of hydrogen-bond acceptors (Lipinski definition) is 3. The second-order valence-corrected chi connectivity index (χ2v) is 5.32. The fourth-order valence-corrected chi connectivity index (χ4v) is 1.72. The molecule has 19 heavy (non-hydrogen) atoms. The number of anilines is 1. The summed E-state index contributed by atoms with van der Waals surface area (Å²) >= 11 is 6.02. The molecule has 106 valence electrons. The van der Waals surface area contributed by atoms with E-state index < -0.39 is 0 Å². The molecular formula is C14H22ClN3O. The van der Waals surface area contributed by atoms with Crippen LogP contribution < -0.4 is 10.6 Å². The third-order valence-corrected chi connectivity index (χ3v) is 2.96. The smallest absolute Gasteiger partial charge is 0.252 e. The number of amides is 1. The molecule has 5 heteroatoms. The molecule has 0 aromatic carbocycles. The molecule has 0 atom stereocenters. The monoisotopic (exact) mass is 283 g/mol. The Labute approximate surface area is 120 Å². The highest BCUT2D eigenvalue weighted by atomic mass is 35.5. The van der Waals surface area contributed by atoms with Gasteiger partial charge in [-0.05, 0) is 24.8 Å². The van der Waals surface area contributed by atoms with Crippen LogP contribution >= 0.6 is 11.6 Å². The Balaban J connectivity index is 2.66. The maximum Gasteiger partial charge on any atom is 0.252 e. The van der Waals surface area contributed by atoms with Crippen LogP contribution in [0.25, 0.3) is 0 Å². The van der Waals surface area contributed by atoms with Crippen molar-refractivity contribution in [1.82, 2.24) is 10.3 Å². The molecule has 0 saturated heterocycles. The molecule has 1 aromatic heterocycles. The van der Waals surface area contributed by atoms with Crippen LogP contribution in [-0.4, -0.2) is 24.0 Å². The summed E-state index contributed by atoms with van der Waals surface area (Å²) in [7, 11) is 0. The summed E-state index contributed by atoms with van der Waals surface area (Å²) in [5, 5.41) is 6.40. The molecule has 1 rings (SSSR count). The van der Waals surface area contributed by atoms with Gasteiger partial charge in [0, 0.05) is 19.3 Å². The van der Waals surface area contributed by atoms with Gasteiger partial charge < -0.3 is 10.6 Å². The van der Waals surface area contributed by atoms with Crippen molar-refractivity contribution in [3.05, 3.63) is 22.8 Å². The topological polar surface area (TPSA) is 54.0 Å². The zero-order valence-electron chi connectivity index (χ0n) is 11.8. The minimum Gasteiger partial charge on any atom is -0.370 e. The Morgan fingerprint density at radius 1 is 1.42 bits per heavy atom. The Hall–Kier alpha value is -1.29. The molecule has 0 radical (unpaired) electrons. The highest BCUT2D eigenvalue weighted by Crippen LogP contribution is 2.18. The molecule has 1 aromatic rings. The van der Waals surface area contributed by atoms with Crippen molar-refractivity contribution in [3.8, 4) is 0 Å². The Bertz CT molecular complexity index is 421. The second kappa shape index (κ2) is 8.00. The minimum atomic E-state index is -0.146. The maximum absolute atomic E-state index is 12.0. The average Bonchev–Trinajstić information content (AvgIpc) is 2.37. The van der Waals surface area contributed by atoms with Gasteiger partial charge in [0.15, 0.2) is 0 Å². The van der Waals surface area contributed by atoms with E-state index in [1.54, 1.807) is 6.07 Å². The highest BCUT2D eigenvalue weighted by molar-refractivity contribution is 6.33. The molecule has 2 N–H and O–H groups in total. The number of aromatic nitrogens is 1. The van der Waals surface area contributed by atoms with E-state index in [9.17, 15) is 4.79 Å². The summed E-state index contributed by atoms with van der Waals surface area (Å²) < 4.78 is 0. The van der Waals surface area contributed by atoms with Gasteiger partial charge >= 0.3 is 0 Å². The van der Waals surface area contributed by atoms with Crippen molar-refractivity contribution in [2.45, 2.75) is 33.6 Å². The Morgan fingerprint density at radius 2 is 2.16 bits per heavy atom. The molecule has 0 saturated carbocycles. The summed E-state index contributed by atoms with van der Waals surface area (Å²) in [6.07, 6.45) is 3.46. The predicted octanol–water partition coefficient (Wildman–Crippen LogP) is 3.33. The molecule has 0 spiro atoms. The lowest BCUT2D eigenvalue weighted by Crippen LogP contribution is -2.25. The molecular weight excluding hydrogens is 262 g/mol. The summed E-state index contributed by atoms with van der Waals surface area (Å²) in [4.78, 5) is 16.2. The molecule has 0 unspecified atom stereocenters. The Morgan fingerprint density at radius 3 is 2.79 bits per heavy atom. The zero-order valence-corrected chi connectivity index (χ0v) is 12.5. The van der Waals surface area contributed by atoms with Crippen LogP contribution in [0.1, 0.15) is 44.0 Å². The van der Waals surface area contributed by atoms with Gasteiger partial charge in [0.05, 0.1) is 10.6 Å². The number of pyridine rings is 1. The van der Waals surface area contributed by atoms with Crippen molar-refractivity contribution in [1.29, 1.82) is 0 Å². The van der Waals surface area contributed by atoms with E-state index in [0.29, 0.717) is 28.9 Å². The zero-order chi connectivity index (χ0) is 14.3. The first-order chi connectivity index (χ1) is 9.04. The molecule has 0 aliphatic carbocycles. The number of rotatable bonds is 7. The van der Waals surface area contributed by atoms with Crippen molar-refractivity contribution >= 4 is 23.3 Å². The van der Waals surface area contributed by atoms with Crippen molar-refractivity contribution in [2.24, 2.45) is 5.92 Å². The van der Waals surface area contributed by atoms with Gasteiger partial charge in [0.25, 0.3) is 5.91 Å². The van der Waals surface area contributed by atoms with Crippen molar-refractivity contribution in [3.63, 3.8) is 0 Å². The van der Waals surface area contributed by atoms with Crippen LogP contribution in [0.5, 0.6) is 0 Å². The third-order valence-electron chi connectivity index (χ3n) is 2.66. The lowest BCUT2D eigenvalue weighted by atomic mass is 10.1. The lowest BCUT2D eigenvalue weighted by Gasteiger charge is -2.10. The van der Waals surface area contributed by atoms with E-state index in [1.165, 1.54) is 6.20 Å². The highest BCUT2D eigenvalue weighted by Gasteiger charge is 2.11. The molecule has 0 fully saturated rings. The van der Waals surface area contributed by atoms with E-state index in [0.717, 1.165) is 19.4 Å². The van der Waals surface area contributed by atoms with E-state index in [2.05, 4.69) is 36.4 Å². The molecule has 0 bridgehead atoms. The van der Waals surface area contributed by atoms with E-state index in [1.807, 2.05) is 0 Å². The summed E-state index contributed by atoms with van der Waals surface area (Å²) in [6.45, 7) is 7.80. The summed E-state index contributed by atoms with van der Waals surface area (Å²) in [5.74, 6) is 1.10. The number of carbonyl (C=O) groups is 1. The van der Waals surface area contributed by atoms with Gasteiger partial charge in [-0.25, -0.2) is 4.98 Å². The first kappa shape index (κ1) is 15.8. The quantitative estimate of drug-likeness (QED) is 0.807. The van der Waals surface area contributed by atoms with Crippen LogP contribution in [0.3, 0.4) is 0 Å². The molecule has 0 aliphatic heterocycles. The Kier molecular flexibility index (Phi) is 6.64. The molecule has 1 heterocycles. The molecule has 1 amide bonds. The number of nitrogens with one attached hydrogen (secondary N) is 2. The number of halogens is 1. The SMILES string of the molecule is CCCNc1cc(C(=O)NCCC(C)C)c(Cl)cn1. The van der Waals surface area contributed by atoms with Gasteiger partial charge in [0.1, 0.15) is 5.82 Å². The van der Waals surface area contributed by atoms with Crippen LogP contribution in [0.15, 0.2) is 12.3 Å². The normalized spacial score (nSPS) is 10.6. The number of hydrogen-bond donors (Lipinski definition) is 2. The fourth-order valence-electron chi connectivity index (χ4n) is 1.53. The van der Waals surface area contributed by atoms with Crippen LogP contribution in [-0.2, 0) is 0 Å². The first-order valence-electron chi connectivity index (χ1n) is 6.72. The summed E-state index contributed by atoms with van der Waals surface area (Å²) in [5.41, 5.74) is 0.471.